The molecule has 5 rings (SSSR count). The molecule has 4 nitrogen and oxygen atoms in total. The third kappa shape index (κ3) is 6.28. The highest BCUT2D eigenvalue weighted by atomic mass is 79.9. The molecule has 0 N–H and O–H groups in total. The average Bonchev–Trinajstić information content (AvgIpc) is 3.65. The molecule has 2 aromatic heterocycles. The summed E-state index contributed by atoms with van der Waals surface area (Å²) in [6.45, 7) is 2.13. The molecule has 0 radical (unpaired) electrons. The van der Waals surface area contributed by atoms with Crippen LogP contribution in [-0.2, 0) is 18.5 Å². The van der Waals surface area contributed by atoms with E-state index in [1.807, 2.05) is 25.0 Å². The summed E-state index contributed by atoms with van der Waals surface area (Å²) in [4.78, 5) is 8.33. The number of hydrogen-bond acceptors (Lipinski definition) is 2. The van der Waals surface area contributed by atoms with Gasteiger partial charge >= 0.3 is 0 Å². The van der Waals surface area contributed by atoms with Crippen molar-refractivity contribution in [1.82, 2.24) is 19.1 Å². The third-order valence-corrected chi connectivity index (χ3v) is 8.93. The molecule has 2 heterocycles. The molecule has 4 aromatic rings. The highest BCUT2D eigenvalue weighted by molar-refractivity contribution is 9.10. The van der Waals surface area contributed by atoms with Crippen molar-refractivity contribution < 1.29 is 0 Å². The molecule has 1 aliphatic carbocycles. The van der Waals surface area contributed by atoms with Gasteiger partial charge in [-0.25, -0.2) is 9.97 Å². The van der Waals surface area contributed by atoms with E-state index in [-0.39, 0.29) is 5.41 Å². The van der Waals surface area contributed by atoms with Crippen molar-refractivity contribution in [3.8, 4) is 11.1 Å². The van der Waals surface area contributed by atoms with Gasteiger partial charge in [-0.05, 0) is 72.2 Å². The summed E-state index contributed by atoms with van der Waals surface area (Å²) in [5.41, 5.74) is 5.97. The van der Waals surface area contributed by atoms with Crippen molar-refractivity contribution in [1.29, 1.82) is 0 Å². The van der Waals surface area contributed by atoms with Gasteiger partial charge in [-0.2, -0.15) is 0 Å². The molecule has 0 atom stereocenters. The molecule has 2 aromatic carbocycles. The van der Waals surface area contributed by atoms with Gasteiger partial charge in [0.1, 0.15) is 0 Å². The van der Waals surface area contributed by atoms with Crippen LogP contribution in [-0.4, -0.2) is 19.1 Å². The molecule has 6 heteroatoms. The van der Waals surface area contributed by atoms with Crippen LogP contribution in [0.3, 0.4) is 0 Å². The van der Waals surface area contributed by atoms with Crippen LogP contribution in [0.25, 0.3) is 11.1 Å². The number of nitrogens with zero attached hydrogens (tertiary/aromatic N) is 4. The van der Waals surface area contributed by atoms with Crippen molar-refractivity contribution in [2.45, 2.75) is 82.7 Å². The quantitative estimate of drug-likeness (QED) is 0.131. The second-order valence-electron chi connectivity index (χ2n) is 10.4. The van der Waals surface area contributed by atoms with E-state index < -0.39 is 0 Å². The van der Waals surface area contributed by atoms with Crippen molar-refractivity contribution in [3.63, 3.8) is 0 Å². The highest BCUT2D eigenvalue weighted by Crippen LogP contribution is 2.55. The van der Waals surface area contributed by atoms with Crippen molar-refractivity contribution >= 4 is 31.9 Å². The van der Waals surface area contributed by atoms with Crippen LogP contribution in [0.1, 0.15) is 75.3 Å². The number of halogens is 2. The summed E-state index contributed by atoms with van der Waals surface area (Å²) in [6, 6.07) is 13.9. The second kappa shape index (κ2) is 12.6. The van der Waals surface area contributed by atoms with Crippen molar-refractivity contribution in [3.05, 3.63) is 93.9 Å². The third-order valence-electron chi connectivity index (χ3n) is 7.94. The number of unbranched alkanes of at least 4 members (excludes halogenated alkanes) is 6. The minimum Gasteiger partial charge on any atom is -0.337 e. The molecule has 0 saturated heterocycles. The highest BCUT2D eigenvalue weighted by Gasteiger charge is 2.42. The summed E-state index contributed by atoms with van der Waals surface area (Å²) < 4.78 is 6.74. The van der Waals surface area contributed by atoms with E-state index in [0.29, 0.717) is 0 Å². The van der Waals surface area contributed by atoms with Gasteiger partial charge in [0.25, 0.3) is 0 Å². The number of imidazole rings is 2. The van der Waals surface area contributed by atoms with Gasteiger partial charge in [0, 0.05) is 52.2 Å². The predicted molar refractivity (Wildman–Crippen MR) is 159 cm³/mol. The van der Waals surface area contributed by atoms with Crippen molar-refractivity contribution in [2.24, 2.45) is 0 Å². The number of fused-ring (bicyclic) bond motifs is 3. The van der Waals surface area contributed by atoms with E-state index in [9.17, 15) is 0 Å². The molecule has 0 fully saturated rings. The lowest BCUT2D eigenvalue weighted by molar-refractivity contribution is 0.396. The zero-order valence-corrected chi connectivity index (χ0v) is 24.6. The smallest absolute Gasteiger partial charge is 0.0945 e. The first-order valence-corrected chi connectivity index (χ1v) is 15.3. The zero-order chi connectivity index (χ0) is 25.5. The normalized spacial score (nSPS) is 13.6. The molecular formula is C31H36Br2N4. The van der Waals surface area contributed by atoms with E-state index in [1.165, 1.54) is 95.4 Å². The number of rotatable bonds is 14. The maximum absolute atomic E-state index is 4.17. The van der Waals surface area contributed by atoms with E-state index in [1.54, 1.807) is 0 Å². The number of aromatic nitrogens is 4. The lowest BCUT2D eigenvalue weighted by atomic mass is 9.70. The largest absolute Gasteiger partial charge is 0.337 e. The first-order valence-electron chi connectivity index (χ1n) is 13.7. The van der Waals surface area contributed by atoms with E-state index in [0.717, 1.165) is 13.1 Å². The fourth-order valence-electron chi connectivity index (χ4n) is 6.09. The monoisotopic (exact) mass is 622 g/mol. The topological polar surface area (TPSA) is 35.6 Å². The van der Waals surface area contributed by atoms with E-state index in [2.05, 4.69) is 99.8 Å². The number of benzene rings is 2. The summed E-state index contributed by atoms with van der Waals surface area (Å²) in [5, 5.41) is 0. The van der Waals surface area contributed by atoms with Gasteiger partial charge in [0.05, 0.1) is 12.7 Å². The molecule has 0 aliphatic heterocycles. The summed E-state index contributed by atoms with van der Waals surface area (Å²) in [6.07, 6.45) is 24.1. The Hall–Kier alpha value is -2.18. The maximum atomic E-state index is 4.17. The van der Waals surface area contributed by atoms with Crippen LogP contribution in [0.5, 0.6) is 0 Å². The van der Waals surface area contributed by atoms with Gasteiger partial charge in [0.2, 0.25) is 0 Å². The zero-order valence-electron chi connectivity index (χ0n) is 21.5. The first-order chi connectivity index (χ1) is 18.2. The van der Waals surface area contributed by atoms with Gasteiger partial charge in [0.15, 0.2) is 0 Å². The molecule has 0 bridgehead atoms. The molecule has 0 spiro atoms. The van der Waals surface area contributed by atoms with E-state index >= 15 is 0 Å². The Kier molecular flexibility index (Phi) is 8.98. The van der Waals surface area contributed by atoms with Crippen LogP contribution in [0.15, 0.2) is 82.8 Å². The van der Waals surface area contributed by atoms with Gasteiger partial charge in [-0.3, -0.25) is 0 Å². The summed E-state index contributed by atoms with van der Waals surface area (Å²) >= 11 is 7.59. The molecule has 37 heavy (non-hydrogen) atoms. The van der Waals surface area contributed by atoms with Crippen molar-refractivity contribution in [2.75, 3.05) is 0 Å². The maximum Gasteiger partial charge on any atom is 0.0945 e. The fourth-order valence-corrected chi connectivity index (χ4v) is 6.81. The fraction of sp³-hybridized carbons (Fsp3) is 0.419. The van der Waals surface area contributed by atoms with Gasteiger partial charge in [-0.1, -0.05) is 82.5 Å². The minimum absolute atomic E-state index is 0.0902. The Bertz CT molecular complexity index is 1160. The molecule has 0 amide bonds. The lowest BCUT2D eigenvalue weighted by Gasteiger charge is -2.33. The Morgan fingerprint density at radius 3 is 1.49 bits per heavy atom. The molecule has 0 saturated carbocycles. The summed E-state index contributed by atoms with van der Waals surface area (Å²) in [5.74, 6) is 0. The Morgan fingerprint density at radius 2 is 1.05 bits per heavy atom. The Morgan fingerprint density at radius 1 is 0.595 bits per heavy atom. The number of hydrogen-bond donors (Lipinski definition) is 0. The average molecular weight is 624 g/mol. The van der Waals surface area contributed by atoms with Gasteiger partial charge in [-0.15, -0.1) is 0 Å². The van der Waals surface area contributed by atoms with E-state index in [4.69, 9.17) is 0 Å². The summed E-state index contributed by atoms with van der Waals surface area (Å²) in [7, 11) is 0. The standard InChI is InChI=1S/C31H36Br2N4/c32-25-9-11-27-28-12-10-26(33)22-30(28)31(29(27)21-25,13-5-1-3-7-17-36-19-15-34-23-36)14-6-2-4-8-18-37-20-16-35-24-37/h9-12,15-16,19-24H,1-8,13-14,17-18H2. The van der Waals surface area contributed by atoms with Crippen LogP contribution in [0, 0.1) is 0 Å². The Labute approximate surface area is 237 Å². The van der Waals surface area contributed by atoms with Gasteiger partial charge < -0.3 is 9.13 Å². The second-order valence-corrected chi connectivity index (χ2v) is 12.2. The minimum atomic E-state index is 0.0902. The SMILES string of the molecule is Brc1ccc2c(c1)C(CCCCCCn1ccnc1)(CCCCCCn1ccnc1)c1cc(Br)ccc1-2. The predicted octanol–water partition coefficient (Wildman–Crippen LogP) is 9.17. The Balaban J connectivity index is 1.28. The molecule has 1 aliphatic rings. The molecule has 0 unspecified atom stereocenters. The van der Waals surface area contributed by atoms with Crippen LogP contribution >= 0.6 is 31.9 Å². The molecule has 194 valence electrons. The van der Waals surface area contributed by atoms with Crippen LogP contribution in [0.4, 0.5) is 0 Å². The van der Waals surface area contributed by atoms with Crippen LogP contribution < -0.4 is 0 Å². The first kappa shape index (κ1) is 26.4. The number of aryl methyl sites for hydroxylation is 2. The molecular weight excluding hydrogens is 588 g/mol. The van der Waals surface area contributed by atoms with Crippen LogP contribution in [0.2, 0.25) is 0 Å². The lowest BCUT2D eigenvalue weighted by Crippen LogP contribution is -2.25.